The second-order valence-electron chi connectivity index (χ2n) is 8.88. The van der Waals surface area contributed by atoms with Gasteiger partial charge < -0.3 is 15.5 Å². The number of alkyl halides is 3. The number of carbonyl (C=O) groups is 1. The number of halogens is 3. The number of hydrogen-bond donors (Lipinski definition) is 2. The number of carbonyl (C=O) groups excluding carboxylic acids is 1. The van der Waals surface area contributed by atoms with Crippen molar-refractivity contribution in [2.24, 2.45) is 11.8 Å². The van der Waals surface area contributed by atoms with E-state index in [0.717, 1.165) is 42.6 Å². The van der Waals surface area contributed by atoms with Crippen LogP contribution in [0.2, 0.25) is 0 Å². The van der Waals surface area contributed by atoms with Crippen LogP contribution in [0.5, 0.6) is 0 Å². The minimum atomic E-state index is -4.49. The molecule has 4 rings (SSSR count). The fraction of sp³-hybridized carbons (Fsp3) is 0.571. The Bertz CT molecular complexity index is 1000. The largest absolute Gasteiger partial charge is 0.434 e. The second-order valence-corrected chi connectivity index (χ2v) is 8.88. The van der Waals surface area contributed by atoms with Gasteiger partial charge in [-0.3, -0.25) is 4.79 Å². The first kappa shape index (κ1) is 22.2. The van der Waals surface area contributed by atoms with Crippen LogP contribution in [-0.2, 0) is 17.4 Å². The van der Waals surface area contributed by atoms with Gasteiger partial charge in [-0.15, -0.1) is 0 Å². The van der Waals surface area contributed by atoms with Crippen molar-refractivity contribution < 1.29 is 18.0 Å². The molecule has 2 N–H and O–H groups in total. The van der Waals surface area contributed by atoms with Crippen LogP contribution >= 0.6 is 0 Å². The minimum Gasteiger partial charge on any atom is -0.366 e. The Morgan fingerprint density at radius 3 is 2.53 bits per heavy atom. The molecule has 32 heavy (non-hydrogen) atoms. The lowest BCUT2D eigenvalue weighted by atomic mass is 9.78. The van der Waals surface area contributed by atoms with Crippen LogP contribution in [0, 0.1) is 18.8 Å². The first-order chi connectivity index (χ1) is 15.0. The highest BCUT2D eigenvalue weighted by Crippen LogP contribution is 2.36. The molecule has 1 atom stereocenters. The molecule has 0 aromatic carbocycles. The molecule has 0 unspecified atom stereocenters. The van der Waals surface area contributed by atoms with Crippen LogP contribution in [0.25, 0.3) is 0 Å². The number of amides is 1. The third-order valence-electron chi connectivity index (χ3n) is 6.02. The van der Waals surface area contributed by atoms with Crippen molar-refractivity contribution in [3.8, 4) is 0 Å². The minimum absolute atomic E-state index is 0.0475. The molecule has 2 aromatic heterocycles. The fourth-order valence-electron chi connectivity index (χ4n) is 4.40. The number of aromatic nitrogens is 4. The van der Waals surface area contributed by atoms with Crippen LogP contribution in [-0.4, -0.2) is 45.0 Å². The van der Waals surface area contributed by atoms with Crippen molar-refractivity contribution in [3.63, 3.8) is 0 Å². The van der Waals surface area contributed by atoms with E-state index in [1.54, 1.807) is 0 Å². The van der Waals surface area contributed by atoms with E-state index in [-0.39, 0.29) is 23.9 Å². The Kier molecular flexibility index (Phi) is 5.68. The summed E-state index contributed by atoms with van der Waals surface area (Å²) in [7, 11) is 1.88. The SMILES string of the molecule is Cc1nc(CC2CC(Nc3cnc(C(F)(F)F)cn3)C2)nc2c1NC(=O)[C@H](C(C)C)N2C. The lowest BCUT2D eigenvalue weighted by molar-refractivity contribution is -0.141. The number of fused-ring (bicyclic) bond motifs is 1. The van der Waals surface area contributed by atoms with Gasteiger partial charge in [0.1, 0.15) is 23.4 Å². The smallest absolute Gasteiger partial charge is 0.366 e. The van der Waals surface area contributed by atoms with Gasteiger partial charge in [0.15, 0.2) is 11.5 Å². The maximum Gasteiger partial charge on any atom is 0.434 e. The van der Waals surface area contributed by atoms with Crippen molar-refractivity contribution in [1.82, 2.24) is 19.9 Å². The normalized spacial score (nSPS) is 22.9. The van der Waals surface area contributed by atoms with E-state index in [2.05, 4.69) is 25.6 Å². The molecule has 172 valence electrons. The Morgan fingerprint density at radius 2 is 1.94 bits per heavy atom. The molecule has 3 heterocycles. The van der Waals surface area contributed by atoms with Gasteiger partial charge in [-0.05, 0) is 31.6 Å². The van der Waals surface area contributed by atoms with Gasteiger partial charge in [0.05, 0.1) is 18.1 Å². The molecule has 8 nitrogen and oxygen atoms in total. The molecular weight excluding hydrogens is 423 g/mol. The molecule has 0 radical (unpaired) electrons. The van der Waals surface area contributed by atoms with E-state index in [4.69, 9.17) is 4.98 Å². The van der Waals surface area contributed by atoms with Crippen molar-refractivity contribution in [1.29, 1.82) is 0 Å². The summed E-state index contributed by atoms with van der Waals surface area (Å²) in [5, 5.41) is 6.07. The van der Waals surface area contributed by atoms with E-state index in [0.29, 0.717) is 23.8 Å². The van der Waals surface area contributed by atoms with Gasteiger partial charge in [-0.1, -0.05) is 13.8 Å². The van der Waals surface area contributed by atoms with E-state index in [1.165, 1.54) is 0 Å². The zero-order valence-corrected chi connectivity index (χ0v) is 18.4. The molecule has 11 heteroatoms. The van der Waals surface area contributed by atoms with E-state index in [1.807, 2.05) is 32.7 Å². The van der Waals surface area contributed by atoms with Crippen LogP contribution in [0.3, 0.4) is 0 Å². The van der Waals surface area contributed by atoms with Gasteiger partial charge in [0.25, 0.3) is 0 Å². The van der Waals surface area contributed by atoms with Gasteiger partial charge in [0.2, 0.25) is 5.91 Å². The highest BCUT2D eigenvalue weighted by Gasteiger charge is 2.37. The van der Waals surface area contributed by atoms with E-state index < -0.39 is 11.9 Å². The number of rotatable bonds is 5. The first-order valence-corrected chi connectivity index (χ1v) is 10.6. The van der Waals surface area contributed by atoms with E-state index >= 15 is 0 Å². The fourth-order valence-corrected chi connectivity index (χ4v) is 4.40. The zero-order valence-electron chi connectivity index (χ0n) is 18.4. The summed E-state index contributed by atoms with van der Waals surface area (Å²) in [6.07, 6.45) is -0.276. The maximum atomic E-state index is 12.6. The predicted molar refractivity (Wildman–Crippen MR) is 113 cm³/mol. The van der Waals surface area contributed by atoms with Gasteiger partial charge >= 0.3 is 6.18 Å². The predicted octanol–water partition coefficient (Wildman–Crippen LogP) is 3.44. The molecule has 1 aliphatic carbocycles. The molecular formula is C21H26F3N7O. The highest BCUT2D eigenvalue weighted by molar-refractivity contribution is 6.03. The van der Waals surface area contributed by atoms with Gasteiger partial charge in [0, 0.05) is 19.5 Å². The van der Waals surface area contributed by atoms with Crippen LogP contribution in [0.4, 0.5) is 30.5 Å². The Labute approximate surface area is 184 Å². The van der Waals surface area contributed by atoms with Gasteiger partial charge in [-0.2, -0.15) is 13.2 Å². The first-order valence-electron chi connectivity index (χ1n) is 10.6. The topological polar surface area (TPSA) is 95.9 Å². The average Bonchev–Trinajstić information content (AvgIpc) is 2.67. The number of anilines is 3. The van der Waals surface area contributed by atoms with Gasteiger partial charge in [-0.25, -0.2) is 19.9 Å². The summed E-state index contributed by atoms with van der Waals surface area (Å²) in [4.78, 5) is 30.9. The molecule has 1 amide bonds. The monoisotopic (exact) mass is 449 g/mol. The summed E-state index contributed by atoms with van der Waals surface area (Å²) < 4.78 is 37.8. The van der Waals surface area contributed by atoms with Crippen LogP contribution < -0.4 is 15.5 Å². The van der Waals surface area contributed by atoms with Crippen LogP contribution in [0.15, 0.2) is 12.4 Å². The zero-order chi connectivity index (χ0) is 23.2. The summed E-state index contributed by atoms with van der Waals surface area (Å²) in [6.45, 7) is 5.87. The molecule has 1 aliphatic heterocycles. The summed E-state index contributed by atoms with van der Waals surface area (Å²) >= 11 is 0. The lowest BCUT2D eigenvalue weighted by Crippen LogP contribution is -2.50. The highest BCUT2D eigenvalue weighted by atomic mass is 19.4. The third-order valence-corrected chi connectivity index (χ3v) is 6.02. The number of hydrogen-bond acceptors (Lipinski definition) is 7. The Balaban J connectivity index is 1.37. The van der Waals surface area contributed by atoms with E-state index in [9.17, 15) is 18.0 Å². The van der Waals surface area contributed by atoms with Crippen molar-refractivity contribution in [2.45, 2.75) is 58.3 Å². The number of likely N-dealkylation sites (N-methyl/N-ethyl adjacent to an activating group) is 1. The van der Waals surface area contributed by atoms with Crippen LogP contribution in [0.1, 0.15) is 43.9 Å². The Hall–Kier alpha value is -2.98. The number of nitrogens with zero attached hydrogens (tertiary/aromatic N) is 5. The molecule has 0 spiro atoms. The van der Waals surface area contributed by atoms with Crippen molar-refractivity contribution in [3.05, 3.63) is 29.6 Å². The molecule has 1 saturated carbocycles. The number of aryl methyl sites for hydroxylation is 1. The third kappa shape index (κ3) is 4.33. The lowest BCUT2D eigenvalue weighted by Gasteiger charge is -2.38. The maximum absolute atomic E-state index is 12.6. The molecule has 0 saturated heterocycles. The van der Waals surface area contributed by atoms with Crippen molar-refractivity contribution >= 4 is 23.2 Å². The average molecular weight is 449 g/mol. The van der Waals surface area contributed by atoms with Crippen molar-refractivity contribution in [2.75, 3.05) is 22.6 Å². The Morgan fingerprint density at radius 1 is 1.22 bits per heavy atom. The molecule has 2 aliphatic rings. The molecule has 1 fully saturated rings. The molecule has 2 aromatic rings. The number of nitrogens with one attached hydrogen (secondary N) is 2. The standard InChI is InChI=1S/C21H26F3N7O/c1-10(2)18-20(32)30-17-11(3)27-15(29-19(17)31(18)4)7-12-5-13(6-12)28-16-9-25-14(8-26-16)21(22,23)24/h8-10,12-13,18H,5-7H2,1-4H3,(H,26,28)(H,30,32)/t12?,13?,18-/m0/s1. The quantitative estimate of drug-likeness (QED) is 0.722. The summed E-state index contributed by atoms with van der Waals surface area (Å²) in [5.74, 6) is 2.24. The molecule has 0 bridgehead atoms. The summed E-state index contributed by atoms with van der Waals surface area (Å²) in [5.41, 5.74) is 0.393. The second kappa shape index (κ2) is 8.18. The summed E-state index contributed by atoms with van der Waals surface area (Å²) in [6, 6.07) is -0.163.